The van der Waals surface area contributed by atoms with E-state index in [-0.39, 0.29) is 18.5 Å². The second-order valence-electron chi connectivity index (χ2n) is 8.08. The normalized spacial score (nSPS) is 17.9. The Labute approximate surface area is 166 Å². The van der Waals surface area contributed by atoms with Crippen molar-refractivity contribution in [3.05, 3.63) is 29.3 Å². The summed E-state index contributed by atoms with van der Waals surface area (Å²) in [5.74, 6) is -1.36. The molecular formula is C20H27N3O5. The third-order valence-corrected chi connectivity index (χ3v) is 4.79. The Morgan fingerprint density at radius 2 is 1.89 bits per heavy atom. The molecule has 1 N–H and O–H groups in total. The van der Waals surface area contributed by atoms with E-state index < -0.39 is 11.6 Å². The highest BCUT2D eigenvalue weighted by Crippen LogP contribution is 2.26. The minimum atomic E-state index is -1.04. The molecule has 1 aromatic carbocycles. The number of rotatable bonds is 3. The largest absolute Gasteiger partial charge is 0.480 e. The van der Waals surface area contributed by atoms with Crippen molar-refractivity contribution >= 4 is 23.7 Å². The van der Waals surface area contributed by atoms with Crippen LogP contribution in [0.4, 0.5) is 10.5 Å². The summed E-state index contributed by atoms with van der Waals surface area (Å²) in [4.78, 5) is 40.8. The standard InChI is InChI=1S/C20H27N3O5/c1-20(2,3)28-19(27)22-10-8-21(9-11-22)15-5-4-14-6-7-23(13-17(24)25)18(26)16(14)12-15/h4-5,12H,6-11,13H2,1-3H3,(H,24,25)/i5T. The van der Waals surface area contributed by atoms with Gasteiger partial charge in [-0.2, -0.15) is 0 Å². The monoisotopic (exact) mass is 391 g/mol. The molecule has 8 heteroatoms. The summed E-state index contributed by atoms with van der Waals surface area (Å²) in [6.45, 7) is 7.46. The van der Waals surface area contributed by atoms with Crippen LogP contribution >= 0.6 is 0 Å². The molecule has 2 aliphatic rings. The first kappa shape index (κ1) is 18.6. The number of amides is 2. The van der Waals surface area contributed by atoms with Crippen LogP contribution in [0.15, 0.2) is 18.2 Å². The van der Waals surface area contributed by atoms with Crippen molar-refractivity contribution in [1.82, 2.24) is 9.80 Å². The van der Waals surface area contributed by atoms with E-state index in [0.717, 1.165) is 5.56 Å². The molecule has 2 heterocycles. The van der Waals surface area contributed by atoms with Gasteiger partial charge in [0.2, 0.25) is 0 Å². The van der Waals surface area contributed by atoms with Crippen LogP contribution < -0.4 is 4.90 Å². The summed E-state index contributed by atoms with van der Waals surface area (Å²) >= 11 is 0. The third kappa shape index (κ3) is 4.55. The van der Waals surface area contributed by atoms with Gasteiger partial charge in [-0.15, -0.1) is 0 Å². The Bertz CT molecular complexity index is 828. The van der Waals surface area contributed by atoms with E-state index in [1.165, 1.54) is 4.90 Å². The minimum Gasteiger partial charge on any atom is -0.480 e. The molecule has 0 radical (unpaired) electrons. The number of carbonyl (C=O) groups is 3. The number of fused-ring (bicyclic) bond motifs is 1. The van der Waals surface area contributed by atoms with E-state index in [1.54, 1.807) is 17.0 Å². The topological polar surface area (TPSA) is 90.4 Å². The number of carboxylic acids is 1. The Balaban J connectivity index is 1.73. The van der Waals surface area contributed by atoms with Gasteiger partial charge in [0.1, 0.15) is 12.1 Å². The van der Waals surface area contributed by atoms with Crippen LogP contribution in [-0.4, -0.2) is 77.7 Å². The molecule has 8 nitrogen and oxygen atoms in total. The van der Waals surface area contributed by atoms with Crippen molar-refractivity contribution in [2.24, 2.45) is 0 Å². The molecular weight excluding hydrogens is 362 g/mol. The first-order valence-corrected chi connectivity index (χ1v) is 9.42. The van der Waals surface area contributed by atoms with Crippen molar-refractivity contribution in [3.8, 4) is 0 Å². The van der Waals surface area contributed by atoms with E-state index in [4.69, 9.17) is 11.2 Å². The Morgan fingerprint density at radius 1 is 1.21 bits per heavy atom. The molecule has 3 rings (SSSR count). The smallest absolute Gasteiger partial charge is 0.410 e. The molecule has 0 unspecified atom stereocenters. The van der Waals surface area contributed by atoms with Crippen LogP contribution in [-0.2, 0) is 16.0 Å². The first-order chi connectivity index (χ1) is 13.5. The van der Waals surface area contributed by atoms with Crippen LogP contribution in [0.2, 0.25) is 0 Å². The Morgan fingerprint density at radius 3 is 2.50 bits per heavy atom. The summed E-state index contributed by atoms with van der Waals surface area (Å²) in [6.07, 6.45) is 0.181. The number of hydrogen-bond acceptors (Lipinski definition) is 5. The highest BCUT2D eigenvalue weighted by atomic mass is 16.6. The maximum Gasteiger partial charge on any atom is 0.410 e. The number of carbonyl (C=O) groups excluding carboxylic acids is 2. The molecule has 1 saturated heterocycles. The molecule has 0 atom stereocenters. The number of benzene rings is 1. The van der Waals surface area contributed by atoms with Gasteiger partial charge in [-0.3, -0.25) is 9.59 Å². The predicted molar refractivity (Wildman–Crippen MR) is 104 cm³/mol. The van der Waals surface area contributed by atoms with Crippen LogP contribution in [0.1, 0.15) is 38.1 Å². The van der Waals surface area contributed by atoms with Crippen molar-refractivity contribution in [2.45, 2.75) is 32.8 Å². The van der Waals surface area contributed by atoms with Gasteiger partial charge in [-0.1, -0.05) is 6.07 Å². The number of ether oxygens (including phenoxy) is 1. The van der Waals surface area contributed by atoms with Crippen molar-refractivity contribution in [2.75, 3.05) is 44.2 Å². The molecule has 0 aromatic heterocycles. The molecule has 2 amide bonds. The maximum atomic E-state index is 12.7. The van der Waals surface area contributed by atoms with Crippen molar-refractivity contribution < 1.29 is 25.6 Å². The highest BCUT2D eigenvalue weighted by molar-refractivity contribution is 5.99. The Hall–Kier alpha value is -2.77. The average molecular weight is 391 g/mol. The second kappa shape index (κ2) is 7.69. The zero-order valence-electron chi connectivity index (χ0n) is 17.5. The predicted octanol–water partition coefficient (Wildman–Crippen LogP) is 1.83. The maximum absolute atomic E-state index is 12.7. The Kier molecular flexibility index (Phi) is 5.11. The lowest BCUT2D eigenvalue weighted by atomic mass is 9.98. The van der Waals surface area contributed by atoms with Gasteiger partial charge in [-0.05, 0) is 44.9 Å². The quantitative estimate of drug-likeness (QED) is 0.845. The van der Waals surface area contributed by atoms with Crippen molar-refractivity contribution in [3.63, 3.8) is 0 Å². The number of aliphatic carboxylic acids is 1. The van der Waals surface area contributed by atoms with Crippen LogP contribution in [0.25, 0.3) is 0 Å². The van der Waals surface area contributed by atoms with Crippen molar-refractivity contribution in [1.29, 1.82) is 0 Å². The van der Waals surface area contributed by atoms with E-state index in [1.807, 2.05) is 25.7 Å². The fourth-order valence-electron chi connectivity index (χ4n) is 3.40. The van der Waals surface area contributed by atoms with E-state index >= 15 is 0 Å². The van der Waals surface area contributed by atoms with Crippen LogP contribution in [0, 0.1) is 0 Å². The van der Waals surface area contributed by atoms with Gasteiger partial charge >= 0.3 is 12.1 Å². The van der Waals surface area contributed by atoms with E-state index in [0.29, 0.717) is 56.4 Å². The van der Waals surface area contributed by atoms with E-state index in [2.05, 4.69) is 0 Å². The molecule has 152 valence electrons. The molecule has 1 aromatic rings. The lowest BCUT2D eigenvalue weighted by Crippen LogP contribution is -2.50. The lowest BCUT2D eigenvalue weighted by molar-refractivity contribution is -0.137. The van der Waals surface area contributed by atoms with Gasteiger partial charge in [0.05, 0.1) is 1.37 Å². The molecule has 0 spiro atoms. The number of nitrogens with zero attached hydrogens (tertiary/aromatic N) is 3. The molecule has 1 fully saturated rings. The molecule has 0 saturated carbocycles. The minimum absolute atomic E-state index is 0.317. The zero-order chi connectivity index (χ0) is 21.3. The van der Waals surface area contributed by atoms with Gasteiger partial charge in [0, 0.05) is 44.0 Å². The second-order valence-corrected chi connectivity index (χ2v) is 8.08. The van der Waals surface area contributed by atoms with Gasteiger partial charge in [0.15, 0.2) is 0 Å². The number of piperazine rings is 1. The highest BCUT2D eigenvalue weighted by Gasteiger charge is 2.29. The SMILES string of the molecule is [3H]c1cc2c(cc1N1CCN(C(=O)OC(C)(C)C)CC1)C(=O)N(CC(=O)O)CC2. The fourth-order valence-corrected chi connectivity index (χ4v) is 3.40. The van der Waals surface area contributed by atoms with Crippen LogP contribution in [0.5, 0.6) is 0 Å². The third-order valence-electron chi connectivity index (χ3n) is 4.79. The first-order valence-electron chi connectivity index (χ1n) is 9.92. The number of carboxylic acid groups (broad SMARTS) is 1. The zero-order valence-corrected chi connectivity index (χ0v) is 16.5. The van der Waals surface area contributed by atoms with Gasteiger partial charge in [-0.25, -0.2) is 4.79 Å². The summed E-state index contributed by atoms with van der Waals surface area (Å²) in [5.41, 5.74) is 1.30. The molecule has 28 heavy (non-hydrogen) atoms. The van der Waals surface area contributed by atoms with Gasteiger partial charge < -0.3 is 24.5 Å². The summed E-state index contributed by atoms with van der Waals surface area (Å²) in [5, 5.41) is 9.00. The van der Waals surface area contributed by atoms with E-state index in [9.17, 15) is 14.4 Å². The molecule has 0 aliphatic carbocycles. The fraction of sp³-hybridized carbons (Fsp3) is 0.550. The molecule has 2 aliphatic heterocycles. The van der Waals surface area contributed by atoms with Gasteiger partial charge in [0.25, 0.3) is 5.91 Å². The average Bonchev–Trinajstić information content (AvgIpc) is 2.62. The summed E-state index contributed by atoms with van der Waals surface area (Å²) in [6, 6.07) is 3.71. The lowest BCUT2D eigenvalue weighted by Gasteiger charge is -2.37. The number of anilines is 1. The summed E-state index contributed by atoms with van der Waals surface area (Å²) in [7, 11) is 0. The molecule has 0 bridgehead atoms. The number of hydrogen-bond donors (Lipinski definition) is 1. The summed E-state index contributed by atoms with van der Waals surface area (Å²) < 4.78 is 13.8. The van der Waals surface area contributed by atoms with Crippen LogP contribution in [0.3, 0.4) is 0 Å².